The maximum absolute atomic E-state index is 11.9. The zero-order valence-electron chi connectivity index (χ0n) is 12.3. The average Bonchev–Trinajstić information content (AvgIpc) is 2.47. The van der Waals surface area contributed by atoms with Crippen molar-refractivity contribution in [2.75, 3.05) is 12.3 Å². The molecule has 2 unspecified atom stereocenters. The van der Waals surface area contributed by atoms with E-state index in [9.17, 15) is 18.9 Å². The van der Waals surface area contributed by atoms with Gasteiger partial charge in [-0.1, -0.05) is 36.4 Å². The minimum atomic E-state index is -3.87. The molecule has 0 bridgehead atoms. The molecule has 0 aliphatic rings. The summed E-state index contributed by atoms with van der Waals surface area (Å²) in [6.45, 7) is 0. The van der Waals surface area contributed by atoms with Crippen LogP contribution < -0.4 is 9.05 Å². The second kappa shape index (κ2) is 7.80. The summed E-state index contributed by atoms with van der Waals surface area (Å²) in [7, 11) is -7.74. The third kappa shape index (κ3) is 6.59. The molecular formula is C15H18O6P2. The predicted molar refractivity (Wildman–Crippen MR) is 88.1 cm³/mol. The Labute approximate surface area is 134 Å². The Bertz CT molecular complexity index is 643. The van der Waals surface area contributed by atoms with Crippen molar-refractivity contribution in [2.24, 2.45) is 0 Å². The van der Waals surface area contributed by atoms with Crippen LogP contribution >= 0.6 is 15.2 Å². The van der Waals surface area contributed by atoms with Gasteiger partial charge < -0.3 is 18.8 Å². The molecule has 0 aliphatic heterocycles. The molecule has 2 N–H and O–H groups in total. The minimum Gasteiger partial charge on any atom is -0.424 e. The van der Waals surface area contributed by atoms with Crippen LogP contribution in [0.1, 0.15) is 6.42 Å². The van der Waals surface area contributed by atoms with E-state index >= 15 is 0 Å². The van der Waals surface area contributed by atoms with Gasteiger partial charge in [0.25, 0.3) is 0 Å². The molecule has 0 fully saturated rings. The Morgan fingerprint density at radius 2 is 1.04 bits per heavy atom. The summed E-state index contributed by atoms with van der Waals surface area (Å²) in [5, 5.41) is 0. The monoisotopic (exact) mass is 356 g/mol. The molecule has 23 heavy (non-hydrogen) atoms. The van der Waals surface area contributed by atoms with Crippen LogP contribution in [0.2, 0.25) is 0 Å². The van der Waals surface area contributed by atoms with E-state index in [2.05, 4.69) is 0 Å². The number of hydrogen-bond donors (Lipinski definition) is 2. The molecule has 2 aromatic carbocycles. The van der Waals surface area contributed by atoms with E-state index in [1.54, 1.807) is 60.7 Å². The molecule has 0 amide bonds. The topological polar surface area (TPSA) is 93.1 Å². The van der Waals surface area contributed by atoms with Crippen molar-refractivity contribution in [3.8, 4) is 11.5 Å². The Kier molecular flexibility index (Phi) is 6.03. The third-order valence-electron chi connectivity index (χ3n) is 2.86. The fourth-order valence-electron chi connectivity index (χ4n) is 1.85. The first-order valence-electron chi connectivity index (χ1n) is 6.99. The van der Waals surface area contributed by atoms with Crippen LogP contribution in [-0.2, 0) is 9.13 Å². The fourth-order valence-corrected chi connectivity index (χ4v) is 4.30. The highest BCUT2D eigenvalue weighted by molar-refractivity contribution is 7.54. The van der Waals surface area contributed by atoms with Crippen LogP contribution in [-0.4, -0.2) is 22.1 Å². The second-order valence-corrected chi connectivity index (χ2v) is 8.69. The van der Waals surface area contributed by atoms with Crippen LogP contribution in [0.4, 0.5) is 0 Å². The Morgan fingerprint density at radius 1 is 0.696 bits per heavy atom. The number of rotatable bonds is 8. The van der Waals surface area contributed by atoms with Crippen molar-refractivity contribution in [2.45, 2.75) is 6.42 Å². The van der Waals surface area contributed by atoms with Gasteiger partial charge in [0.2, 0.25) is 0 Å². The molecule has 0 saturated carbocycles. The molecule has 0 aliphatic carbocycles. The van der Waals surface area contributed by atoms with E-state index in [4.69, 9.17) is 9.05 Å². The van der Waals surface area contributed by atoms with E-state index in [-0.39, 0.29) is 30.2 Å². The van der Waals surface area contributed by atoms with Crippen LogP contribution in [0, 0.1) is 0 Å². The molecule has 0 heterocycles. The van der Waals surface area contributed by atoms with Crippen molar-refractivity contribution < 1.29 is 28.0 Å². The lowest BCUT2D eigenvalue weighted by Crippen LogP contribution is -2.03. The normalized spacial score (nSPS) is 16.1. The van der Waals surface area contributed by atoms with Gasteiger partial charge in [-0.2, -0.15) is 0 Å². The summed E-state index contributed by atoms with van der Waals surface area (Å²) in [5.41, 5.74) is 0. The van der Waals surface area contributed by atoms with Crippen molar-refractivity contribution >= 4 is 15.2 Å². The molecule has 2 rings (SSSR count). The highest BCUT2D eigenvalue weighted by Crippen LogP contribution is 2.47. The Hall–Kier alpha value is -1.58. The van der Waals surface area contributed by atoms with E-state index < -0.39 is 15.2 Å². The first-order valence-corrected chi connectivity index (χ1v) is 10.5. The van der Waals surface area contributed by atoms with Gasteiger partial charge in [0.05, 0.1) is 12.3 Å². The molecular weight excluding hydrogens is 338 g/mol. The molecule has 124 valence electrons. The molecule has 6 nitrogen and oxygen atoms in total. The Morgan fingerprint density at radius 3 is 1.39 bits per heavy atom. The first kappa shape index (κ1) is 17.8. The van der Waals surface area contributed by atoms with Gasteiger partial charge >= 0.3 is 15.2 Å². The van der Waals surface area contributed by atoms with Crippen LogP contribution in [0.15, 0.2) is 60.7 Å². The standard InChI is InChI=1S/C15H18O6P2/c16-22(17,20-14-8-3-1-4-9-14)12-7-13-23(18,19)21-15-10-5-2-6-11-15/h1-6,8-11H,7,12-13H2,(H,16,17)(H,18,19). The highest BCUT2D eigenvalue weighted by atomic mass is 31.2. The summed E-state index contributed by atoms with van der Waals surface area (Å²) in [6.07, 6.45) is -0.434. The maximum atomic E-state index is 11.9. The molecule has 0 radical (unpaired) electrons. The zero-order valence-corrected chi connectivity index (χ0v) is 14.1. The van der Waals surface area contributed by atoms with Gasteiger partial charge in [-0.15, -0.1) is 0 Å². The van der Waals surface area contributed by atoms with Crippen molar-refractivity contribution in [1.82, 2.24) is 0 Å². The maximum Gasteiger partial charge on any atom is 0.376 e. The SMILES string of the molecule is O=P(O)(CCCP(=O)(O)Oc1ccccc1)Oc1ccccc1. The smallest absolute Gasteiger partial charge is 0.376 e. The molecule has 2 atom stereocenters. The number of benzene rings is 2. The minimum absolute atomic E-state index is 0.0290. The Balaban J connectivity index is 1.83. The quantitative estimate of drug-likeness (QED) is 0.697. The molecule has 0 aromatic heterocycles. The lowest BCUT2D eigenvalue weighted by Gasteiger charge is -2.15. The average molecular weight is 356 g/mol. The molecule has 8 heteroatoms. The lowest BCUT2D eigenvalue weighted by atomic mass is 10.3. The van der Waals surface area contributed by atoms with Gasteiger partial charge in [0.15, 0.2) is 0 Å². The second-order valence-electron chi connectivity index (χ2n) is 4.88. The van der Waals surface area contributed by atoms with Crippen LogP contribution in [0.5, 0.6) is 11.5 Å². The van der Waals surface area contributed by atoms with E-state index in [0.717, 1.165) is 0 Å². The molecule has 0 saturated heterocycles. The van der Waals surface area contributed by atoms with Gasteiger partial charge in [0, 0.05) is 0 Å². The zero-order chi connectivity index (χ0) is 16.8. The van der Waals surface area contributed by atoms with Gasteiger partial charge in [0.1, 0.15) is 11.5 Å². The first-order chi connectivity index (χ1) is 10.9. The van der Waals surface area contributed by atoms with Gasteiger partial charge in [-0.3, -0.25) is 0 Å². The summed E-state index contributed by atoms with van der Waals surface area (Å²) in [4.78, 5) is 19.6. The summed E-state index contributed by atoms with van der Waals surface area (Å²) in [6, 6.07) is 16.5. The lowest BCUT2D eigenvalue weighted by molar-refractivity contribution is 0.373. The van der Waals surface area contributed by atoms with Crippen LogP contribution in [0.3, 0.4) is 0 Å². The summed E-state index contributed by atoms with van der Waals surface area (Å²) in [5.74, 6) is 0.567. The van der Waals surface area contributed by atoms with E-state index in [1.165, 1.54) is 0 Å². The largest absolute Gasteiger partial charge is 0.424 e. The van der Waals surface area contributed by atoms with E-state index in [0.29, 0.717) is 0 Å². The highest BCUT2D eigenvalue weighted by Gasteiger charge is 2.26. The summed E-state index contributed by atoms with van der Waals surface area (Å²) >= 11 is 0. The van der Waals surface area contributed by atoms with Crippen LogP contribution in [0.25, 0.3) is 0 Å². The summed E-state index contributed by atoms with van der Waals surface area (Å²) < 4.78 is 34.0. The fraction of sp³-hybridized carbons (Fsp3) is 0.200. The molecule has 2 aromatic rings. The predicted octanol–water partition coefficient (Wildman–Crippen LogP) is 3.91. The molecule has 0 spiro atoms. The van der Waals surface area contributed by atoms with E-state index in [1.807, 2.05) is 0 Å². The number of para-hydroxylation sites is 2. The van der Waals surface area contributed by atoms with Gasteiger partial charge in [-0.25, -0.2) is 9.13 Å². The van der Waals surface area contributed by atoms with Crippen molar-refractivity contribution in [3.05, 3.63) is 60.7 Å². The van der Waals surface area contributed by atoms with Crippen molar-refractivity contribution in [3.63, 3.8) is 0 Å². The number of hydrogen-bond acceptors (Lipinski definition) is 4. The third-order valence-corrected chi connectivity index (χ3v) is 5.62. The van der Waals surface area contributed by atoms with Gasteiger partial charge in [-0.05, 0) is 30.7 Å². The van der Waals surface area contributed by atoms with Crippen molar-refractivity contribution in [1.29, 1.82) is 0 Å².